The highest BCUT2D eigenvalue weighted by Crippen LogP contribution is 2.31. The van der Waals surface area contributed by atoms with Gasteiger partial charge in [0.25, 0.3) is 5.91 Å². The lowest BCUT2D eigenvalue weighted by Gasteiger charge is -2.29. The van der Waals surface area contributed by atoms with Crippen LogP contribution in [-0.2, 0) is 0 Å². The highest BCUT2D eigenvalue weighted by Gasteiger charge is 2.22. The maximum absolute atomic E-state index is 12.8. The molecule has 3 aromatic rings. The van der Waals surface area contributed by atoms with Crippen molar-refractivity contribution in [2.24, 2.45) is 0 Å². The van der Waals surface area contributed by atoms with Crippen molar-refractivity contribution in [2.45, 2.75) is 25.8 Å². The van der Waals surface area contributed by atoms with E-state index in [1.807, 2.05) is 43.3 Å². The summed E-state index contributed by atoms with van der Waals surface area (Å²) in [6, 6.07) is 11.8. The van der Waals surface area contributed by atoms with Gasteiger partial charge in [-0.2, -0.15) is 0 Å². The van der Waals surface area contributed by atoms with E-state index in [2.05, 4.69) is 22.2 Å². The van der Waals surface area contributed by atoms with Gasteiger partial charge in [-0.25, -0.2) is 4.98 Å². The maximum atomic E-state index is 12.8. The summed E-state index contributed by atoms with van der Waals surface area (Å²) in [7, 11) is 2.11. The third-order valence-corrected chi connectivity index (χ3v) is 6.55. The number of thiazole rings is 1. The van der Waals surface area contributed by atoms with Crippen molar-refractivity contribution in [3.63, 3.8) is 0 Å². The summed E-state index contributed by atoms with van der Waals surface area (Å²) in [4.78, 5) is 31.6. The molecule has 0 spiro atoms. The zero-order chi connectivity index (χ0) is 19.7. The number of amides is 1. The molecule has 1 saturated heterocycles. The zero-order valence-electron chi connectivity index (χ0n) is 16.1. The Balaban J connectivity index is 1.58. The van der Waals surface area contributed by atoms with E-state index < -0.39 is 0 Å². The van der Waals surface area contributed by atoms with Gasteiger partial charge < -0.3 is 10.2 Å². The molecule has 0 radical (unpaired) electrons. The minimum atomic E-state index is -0.0279. The van der Waals surface area contributed by atoms with Crippen LogP contribution in [0.1, 0.15) is 38.6 Å². The van der Waals surface area contributed by atoms with Gasteiger partial charge in [-0.15, -0.1) is 11.3 Å². The Morgan fingerprint density at radius 1 is 1.25 bits per heavy atom. The van der Waals surface area contributed by atoms with Crippen molar-refractivity contribution < 1.29 is 9.59 Å². The number of likely N-dealkylation sites (tertiary alicyclic amines) is 1. The summed E-state index contributed by atoms with van der Waals surface area (Å²) in [5, 5.41) is 5.91. The van der Waals surface area contributed by atoms with E-state index in [0.717, 1.165) is 59.3 Å². The highest BCUT2D eigenvalue weighted by atomic mass is 32.1. The van der Waals surface area contributed by atoms with Crippen LogP contribution in [0.15, 0.2) is 36.4 Å². The van der Waals surface area contributed by atoms with Gasteiger partial charge in [0.15, 0.2) is 6.29 Å². The number of nitrogens with one attached hydrogen (secondary N) is 1. The molecular weight excluding hydrogens is 370 g/mol. The third kappa shape index (κ3) is 3.70. The lowest BCUT2D eigenvalue weighted by atomic mass is 10.0. The van der Waals surface area contributed by atoms with Gasteiger partial charge in [0, 0.05) is 17.2 Å². The molecular formula is C22H23N3O2S. The number of benzene rings is 2. The first-order chi connectivity index (χ1) is 13.5. The van der Waals surface area contributed by atoms with Crippen LogP contribution in [0.25, 0.3) is 21.3 Å². The normalized spacial score (nSPS) is 15.6. The first-order valence-corrected chi connectivity index (χ1v) is 10.3. The van der Waals surface area contributed by atoms with Gasteiger partial charge in [0.1, 0.15) is 9.88 Å². The molecule has 1 aliphatic heterocycles. The second kappa shape index (κ2) is 7.81. The molecule has 0 saturated carbocycles. The van der Waals surface area contributed by atoms with Crippen LogP contribution >= 0.6 is 11.3 Å². The summed E-state index contributed by atoms with van der Waals surface area (Å²) in [6.45, 7) is 3.91. The Morgan fingerprint density at radius 2 is 2.04 bits per heavy atom. The van der Waals surface area contributed by atoms with Crippen LogP contribution in [-0.4, -0.2) is 48.3 Å². The van der Waals surface area contributed by atoms with Gasteiger partial charge in [0.2, 0.25) is 0 Å². The Morgan fingerprint density at radius 3 is 2.79 bits per heavy atom. The van der Waals surface area contributed by atoms with Gasteiger partial charge >= 0.3 is 0 Å². The Bertz CT molecular complexity index is 1040. The molecule has 6 heteroatoms. The van der Waals surface area contributed by atoms with E-state index in [0.29, 0.717) is 10.4 Å². The molecule has 144 valence electrons. The number of nitrogens with zero attached hydrogens (tertiary/aromatic N) is 2. The van der Waals surface area contributed by atoms with Crippen molar-refractivity contribution in [1.29, 1.82) is 0 Å². The SMILES string of the molecule is Cc1nc(-c2ccc3c(C=O)cccc3c2)sc1C(=O)NC1CCN(C)CC1. The highest BCUT2D eigenvalue weighted by molar-refractivity contribution is 7.17. The number of carbonyl (C=O) groups is 2. The van der Waals surface area contributed by atoms with Gasteiger partial charge in [-0.3, -0.25) is 9.59 Å². The minimum Gasteiger partial charge on any atom is -0.348 e. The first kappa shape index (κ1) is 18.8. The summed E-state index contributed by atoms with van der Waals surface area (Å²) < 4.78 is 0. The Labute approximate surface area is 168 Å². The molecule has 1 fully saturated rings. The van der Waals surface area contributed by atoms with Crippen molar-refractivity contribution in [3.8, 4) is 10.6 Å². The second-order valence-electron chi connectivity index (χ2n) is 7.39. The van der Waals surface area contributed by atoms with Crippen molar-refractivity contribution in [2.75, 3.05) is 20.1 Å². The number of piperidine rings is 1. The predicted octanol–water partition coefficient (Wildman–Crippen LogP) is 3.91. The first-order valence-electron chi connectivity index (χ1n) is 9.50. The molecule has 1 aromatic heterocycles. The fourth-order valence-electron chi connectivity index (χ4n) is 3.68. The van der Waals surface area contributed by atoms with Crippen LogP contribution < -0.4 is 5.32 Å². The van der Waals surface area contributed by atoms with Crippen LogP contribution in [0.4, 0.5) is 0 Å². The number of aryl methyl sites for hydroxylation is 1. The molecule has 4 rings (SSSR count). The summed E-state index contributed by atoms with van der Waals surface area (Å²) in [6.07, 6.45) is 2.84. The molecule has 0 bridgehead atoms. The number of aldehydes is 1. The Hall–Kier alpha value is -2.57. The monoisotopic (exact) mass is 393 g/mol. The smallest absolute Gasteiger partial charge is 0.263 e. The summed E-state index contributed by atoms with van der Waals surface area (Å²) in [5.41, 5.74) is 2.40. The predicted molar refractivity (Wildman–Crippen MR) is 113 cm³/mol. The van der Waals surface area contributed by atoms with Gasteiger partial charge in [-0.05, 0) is 56.7 Å². The van der Waals surface area contributed by atoms with Crippen LogP contribution in [0, 0.1) is 6.92 Å². The molecule has 28 heavy (non-hydrogen) atoms. The van der Waals surface area contributed by atoms with Crippen molar-refractivity contribution in [3.05, 3.63) is 52.5 Å². The van der Waals surface area contributed by atoms with Crippen LogP contribution in [0.2, 0.25) is 0 Å². The lowest BCUT2D eigenvalue weighted by molar-refractivity contribution is 0.0920. The van der Waals surface area contributed by atoms with E-state index >= 15 is 0 Å². The lowest BCUT2D eigenvalue weighted by Crippen LogP contribution is -2.43. The van der Waals surface area contributed by atoms with Crippen molar-refractivity contribution >= 4 is 34.3 Å². The largest absolute Gasteiger partial charge is 0.348 e. The van der Waals surface area contributed by atoms with E-state index in [-0.39, 0.29) is 11.9 Å². The van der Waals surface area contributed by atoms with Gasteiger partial charge in [-0.1, -0.05) is 30.3 Å². The molecule has 0 atom stereocenters. The fourth-order valence-corrected chi connectivity index (χ4v) is 4.64. The topological polar surface area (TPSA) is 62.3 Å². The summed E-state index contributed by atoms with van der Waals surface area (Å²) in [5.74, 6) is -0.0279. The molecule has 2 heterocycles. The number of rotatable bonds is 4. The van der Waals surface area contributed by atoms with E-state index in [1.165, 1.54) is 11.3 Å². The fraction of sp³-hybridized carbons (Fsp3) is 0.318. The average Bonchev–Trinajstić information content (AvgIpc) is 3.10. The zero-order valence-corrected chi connectivity index (χ0v) is 16.9. The van der Waals surface area contributed by atoms with E-state index in [1.54, 1.807) is 0 Å². The molecule has 5 nitrogen and oxygen atoms in total. The number of aromatic nitrogens is 1. The third-order valence-electron chi connectivity index (χ3n) is 5.34. The average molecular weight is 394 g/mol. The standard InChI is InChI=1S/C22H23N3O2S/c1-14-20(21(27)24-18-8-10-25(2)11-9-18)28-22(23-14)16-6-7-19-15(12-16)4-3-5-17(19)13-26/h3-7,12-13,18H,8-11H2,1-2H3,(H,24,27). The number of carbonyl (C=O) groups excluding carboxylic acids is 2. The number of hydrogen-bond acceptors (Lipinski definition) is 5. The minimum absolute atomic E-state index is 0.0279. The van der Waals surface area contributed by atoms with E-state index in [4.69, 9.17) is 0 Å². The molecule has 0 unspecified atom stereocenters. The molecule has 1 aliphatic rings. The Kier molecular flexibility index (Phi) is 5.24. The molecule has 2 aromatic carbocycles. The van der Waals surface area contributed by atoms with E-state index in [9.17, 15) is 9.59 Å². The quantitative estimate of drug-likeness (QED) is 0.683. The molecule has 0 aliphatic carbocycles. The van der Waals surface area contributed by atoms with Gasteiger partial charge in [0.05, 0.1) is 5.69 Å². The maximum Gasteiger partial charge on any atom is 0.263 e. The number of hydrogen-bond donors (Lipinski definition) is 1. The van der Waals surface area contributed by atoms with Crippen molar-refractivity contribution in [1.82, 2.24) is 15.2 Å². The summed E-state index contributed by atoms with van der Waals surface area (Å²) >= 11 is 1.43. The molecule has 1 amide bonds. The number of fused-ring (bicyclic) bond motifs is 1. The second-order valence-corrected chi connectivity index (χ2v) is 8.38. The molecule has 1 N–H and O–H groups in total. The van der Waals surface area contributed by atoms with Crippen LogP contribution in [0.3, 0.4) is 0 Å². The van der Waals surface area contributed by atoms with Crippen LogP contribution in [0.5, 0.6) is 0 Å².